The van der Waals surface area contributed by atoms with Gasteiger partial charge < -0.3 is 4.90 Å². The molecule has 0 aromatic carbocycles. The number of amides is 1. The van der Waals surface area contributed by atoms with Crippen molar-refractivity contribution >= 4 is 5.91 Å². The molecule has 0 fully saturated rings. The maximum atomic E-state index is 11.8. The quantitative estimate of drug-likeness (QED) is 0.573. The predicted octanol–water partition coefficient (Wildman–Crippen LogP) is 3.42. The molecule has 0 N–H and O–H groups in total. The van der Waals surface area contributed by atoms with Crippen LogP contribution in [0.4, 0.5) is 0 Å². The summed E-state index contributed by atoms with van der Waals surface area (Å²) in [5.74, 6) is 0.235. The third-order valence-corrected chi connectivity index (χ3v) is 2.48. The molecule has 1 amide bonds. The molecule has 0 bridgehead atoms. The van der Waals surface area contributed by atoms with Crippen LogP contribution >= 0.6 is 0 Å². The maximum Gasteiger partial charge on any atom is 0.226 e. The lowest BCUT2D eigenvalue weighted by Crippen LogP contribution is -2.33. The lowest BCUT2D eigenvalue weighted by atomic mass is 10.2. The van der Waals surface area contributed by atoms with Crippen LogP contribution in [-0.2, 0) is 4.79 Å². The van der Waals surface area contributed by atoms with Gasteiger partial charge in [0.05, 0.1) is 0 Å². The monoisotopic (exact) mass is 212 g/mol. The fourth-order valence-electron chi connectivity index (χ4n) is 1.43. The van der Waals surface area contributed by atoms with Crippen molar-refractivity contribution in [1.29, 1.82) is 0 Å². The number of hydrogen-bond donors (Lipinski definition) is 0. The Kier molecular flexibility index (Phi) is 9.65. The van der Waals surface area contributed by atoms with Gasteiger partial charge in [0.2, 0.25) is 5.91 Å². The van der Waals surface area contributed by atoms with Gasteiger partial charge in [-0.15, -0.1) is 0 Å². The SMILES string of the molecule is CCC[CH]C(=O)N(CCCC)CCCC. The highest BCUT2D eigenvalue weighted by molar-refractivity contribution is 5.84. The van der Waals surface area contributed by atoms with E-state index in [1.165, 1.54) is 0 Å². The van der Waals surface area contributed by atoms with Crippen LogP contribution in [-0.4, -0.2) is 23.9 Å². The van der Waals surface area contributed by atoms with Crippen molar-refractivity contribution in [2.75, 3.05) is 13.1 Å². The van der Waals surface area contributed by atoms with Crippen LogP contribution in [0.5, 0.6) is 0 Å². The highest BCUT2D eigenvalue weighted by Gasteiger charge is 2.11. The van der Waals surface area contributed by atoms with Gasteiger partial charge in [0.15, 0.2) is 0 Å². The smallest absolute Gasteiger partial charge is 0.226 e. The molecule has 0 aliphatic rings. The Morgan fingerprint density at radius 1 is 1.00 bits per heavy atom. The molecule has 0 saturated heterocycles. The lowest BCUT2D eigenvalue weighted by molar-refractivity contribution is -0.127. The van der Waals surface area contributed by atoms with Gasteiger partial charge in [-0.05, 0) is 19.3 Å². The van der Waals surface area contributed by atoms with Crippen LogP contribution in [0, 0.1) is 6.42 Å². The van der Waals surface area contributed by atoms with Crippen LogP contribution in [0.25, 0.3) is 0 Å². The van der Waals surface area contributed by atoms with Gasteiger partial charge in [0.25, 0.3) is 0 Å². The molecule has 0 spiro atoms. The van der Waals surface area contributed by atoms with E-state index >= 15 is 0 Å². The summed E-state index contributed by atoms with van der Waals surface area (Å²) >= 11 is 0. The van der Waals surface area contributed by atoms with Crippen molar-refractivity contribution in [3.8, 4) is 0 Å². The molecular weight excluding hydrogens is 186 g/mol. The molecule has 0 atom stereocenters. The fourth-order valence-corrected chi connectivity index (χ4v) is 1.43. The van der Waals surface area contributed by atoms with Crippen molar-refractivity contribution < 1.29 is 4.79 Å². The molecule has 0 aromatic heterocycles. The van der Waals surface area contributed by atoms with E-state index in [4.69, 9.17) is 0 Å². The van der Waals surface area contributed by atoms with E-state index in [1.807, 2.05) is 11.3 Å². The number of carbonyl (C=O) groups excluding carboxylic acids is 1. The Morgan fingerprint density at radius 3 is 1.93 bits per heavy atom. The van der Waals surface area contributed by atoms with Crippen molar-refractivity contribution in [1.82, 2.24) is 4.90 Å². The van der Waals surface area contributed by atoms with Gasteiger partial charge >= 0.3 is 0 Å². The van der Waals surface area contributed by atoms with Crippen LogP contribution < -0.4 is 0 Å². The molecule has 0 rings (SSSR count). The molecule has 15 heavy (non-hydrogen) atoms. The Labute approximate surface area is 95.0 Å². The molecule has 0 aromatic rings. The Bertz CT molecular complexity index is 149. The molecule has 2 nitrogen and oxygen atoms in total. The largest absolute Gasteiger partial charge is 0.342 e. The standard InChI is InChI=1S/C13H26NO/c1-4-7-10-13(15)14(11-8-5-2)12-9-6-3/h10H,4-9,11-12H2,1-3H3. The summed E-state index contributed by atoms with van der Waals surface area (Å²) in [7, 11) is 0. The van der Waals surface area contributed by atoms with Gasteiger partial charge in [0.1, 0.15) is 0 Å². The molecule has 0 heterocycles. The highest BCUT2D eigenvalue weighted by atomic mass is 16.2. The second kappa shape index (κ2) is 10.0. The third kappa shape index (κ3) is 7.40. The summed E-state index contributed by atoms with van der Waals surface area (Å²) < 4.78 is 0. The predicted molar refractivity (Wildman–Crippen MR) is 65.6 cm³/mol. The van der Waals surface area contributed by atoms with Gasteiger partial charge in [-0.1, -0.05) is 40.0 Å². The molecular formula is C13H26NO. The summed E-state index contributed by atoms with van der Waals surface area (Å²) in [6.45, 7) is 8.29. The second-order valence-electron chi connectivity index (χ2n) is 4.03. The van der Waals surface area contributed by atoms with Gasteiger partial charge in [-0.2, -0.15) is 0 Å². The maximum absolute atomic E-state index is 11.8. The first kappa shape index (κ1) is 14.5. The molecule has 0 aliphatic carbocycles. The van der Waals surface area contributed by atoms with Crippen molar-refractivity contribution in [2.45, 2.75) is 59.3 Å². The van der Waals surface area contributed by atoms with Gasteiger partial charge in [-0.3, -0.25) is 4.79 Å². The summed E-state index contributed by atoms with van der Waals surface area (Å²) in [5.41, 5.74) is 0. The highest BCUT2D eigenvalue weighted by Crippen LogP contribution is 2.04. The Balaban J connectivity index is 3.90. The third-order valence-electron chi connectivity index (χ3n) is 2.48. The van der Waals surface area contributed by atoms with E-state index in [0.717, 1.165) is 51.6 Å². The summed E-state index contributed by atoms with van der Waals surface area (Å²) in [6.07, 6.45) is 8.36. The van der Waals surface area contributed by atoms with Crippen molar-refractivity contribution in [3.05, 3.63) is 6.42 Å². The van der Waals surface area contributed by atoms with E-state index in [1.54, 1.807) is 0 Å². The molecule has 0 saturated carbocycles. The molecule has 89 valence electrons. The van der Waals surface area contributed by atoms with Crippen LogP contribution in [0.2, 0.25) is 0 Å². The first-order chi connectivity index (χ1) is 7.26. The number of rotatable bonds is 9. The number of hydrogen-bond acceptors (Lipinski definition) is 1. The molecule has 0 aliphatic heterocycles. The van der Waals surface area contributed by atoms with E-state index in [9.17, 15) is 4.79 Å². The fraction of sp³-hybridized carbons (Fsp3) is 0.846. The molecule has 0 unspecified atom stereocenters. The lowest BCUT2D eigenvalue weighted by Gasteiger charge is -2.22. The minimum atomic E-state index is 0.235. The summed E-state index contributed by atoms with van der Waals surface area (Å²) in [4.78, 5) is 13.8. The zero-order valence-corrected chi connectivity index (χ0v) is 10.6. The second-order valence-corrected chi connectivity index (χ2v) is 4.03. The summed E-state index contributed by atoms with van der Waals surface area (Å²) in [6, 6.07) is 0. The van der Waals surface area contributed by atoms with Crippen LogP contribution in [0.1, 0.15) is 59.3 Å². The van der Waals surface area contributed by atoms with Crippen LogP contribution in [0.15, 0.2) is 0 Å². The number of nitrogens with zero attached hydrogens (tertiary/aromatic N) is 1. The van der Waals surface area contributed by atoms with E-state index < -0.39 is 0 Å². The number of carbonyl (C=O) groups is 1. The van der Waals surface area contributed by atoms with E-state index in [-0.39, 0.29) is 5.91 Å². The molecule has 1 radical (unpaired) electrons. The normalized spacial score (nSPS) is 10.3. The average Bonchev–Trinajstić information content (AvgIpc) is 2.26. The minimum absolute atomic E-state index is 0.235. The van der Waals surface area contributed by atoms with Gasteiger partial charge in [0, 0.05) is 19.5 Å². The minimum Gasteiger partial charge on any atom is -0.342 e. The Hall–Kier alpha value is -0.530. The topological polar surface area (TPSA) is 20.3 Å². The number of unbranched alkanes of at least 4 members (excludes halogenated alkanes) is 3. The van der Waals surface area contributed by atoms with E-state index in [2.05, 4.69) is 20.8 Å². The summed E-state index contributed by atoms with van der Waals surface area (Å²) in [5, 5.41) is 0. The van der Waals surface area contributed by atoms with Crippen LogP contribution in [0.3, 0.4) is 0 Å². The first-order valence-corrected chi connectivity index (χ1v) is 6.38. The van der Waals surface area contributed by atoms with Crippen molar-refractivity contribution in [2.24, 2.45) is 0 Å². The van der Waals surface area contributed by atoms with Crippen molar-refractivity contribution in [3.63, 3.8) is 0 Å². The zero-order valence-electron chi connectivity index (χ0n) is 10.6. The first-order valence-electron chi connectivity index (χ1n) is 6.38. The average molecular weight is 212 g/mol. The Morgan fingerprint density at radius 2 is 1.53 bits per heavy atom. The zero-order chi connectivity index (χ0) is 11.5. The molecule has 2 heteroatoms. The van der Waals surface area contributed by atoms with E-state index in [0.29, 0.717) is 0 Å². The van der Waals surface area contributed by atoms with Gasteiger partial charge in [-0.25, -0.2) is 0 Å².